The first-order valence-electron chi connectivity index (χ1n) is 36.6. The predicted molar refractivity (Wildman–Crippen MR) is 373 cm³/mol. The van der Waals surface area contributed by atoms with E-state index >= 15 is 0 Å². The minimum Gasteiger partial charge on any atom is -0.394 e. The van der Waals surface area contributed by atoms with E-state index in [4.69, 9.17) is 9.47 Å². The first-order valence-corrected chi connectivity index (χ1v) is 36.6. The third-order valence-electron chi connectivity index (χ3n) is 16.8. The number of amides is 1. The molecule has 7 atom stereocenters. The summed E-state index contributed by atoms with van der Waals surface area (Å²) in [6.45, 7) is 3.67. The van der Waals surface area contributed by atoms with Crippen LogP contribution in [0.15, 0.2) is 109 Å². The lowest BCUT2D eigenvalue weighted by Gasteiger charge is -2.40. The van der Waals surface area contributed by atoms with Crippen LogP contribution in [0, 0.1) is 0 Å². The third kappa shape index (κ3) is 54.3. The minimum absolute atomic E-state index is 0.194. The monoisotopic (exact) mass is 1220 g/mol. The van der Waals surface area contributed by atoms with Crippen molar-refractivity contribution in [3.63, 3.8) is 0 Å². The molecule has 0 saturated carbocycles. The van der Waals surface area contributed by atoms with Gasteiger partial charge >= 0.3 is 0 Å². The van der Waals surface area contributed by atoms with Crippen LogP contribution >= 0.6 is 0 Å². The summed E-state index contributed by atoms with van der Waals surface area (Å²) in [6, 6.07) is -0.839. The fourth-order valence-corrected chi connectivity index (χ4v) is 11.1. The summed E-state index contributed by atoms with van der Waals surface area (Å²) in [6.07, 6.45) is 90.6. The van der Waals surface area contributed by atoms with Gasteiger partial charge in [0.15, 0.2) is 6.29 Å². The molecule has 1 heterocycles. The largest absolute Gasteiger partial charge is 0.394 e. The number of carbonyl (C=O) groups is 1. The maximum absolute atomic E-state index is 13.1. The van der Waals surface area contributed by atoms with Crippen molar-refractivity contribution < 1.29 is 39.8 Å². The van der Waals surface area contributed by atoms with E-state index in [-0.39, 0.29) is 12.5 Å². The molecule has 1 amide bonds. The number of aliphatic hydroxyl groups excluding tert-OH is 5. The summed E-state index contributed by atoms with van der Waals surface area (Å²) in [5, 5.41) is 54.8. The number of aliphatic hydroxyl groups is 5. The van der Waals surface area contributed by atoms with Crippen LogP contribution in [0.25, 0.3) is 0 Å². The van der Waals surface area contributed by atoms with Crippen molar-refractivity contribution in [2.75, 3.05) is 13.2 Å². The van der Waals surface area contributed by atoms with Crippen LogP contribution in [-0.4, -0.2) is 87.5 Å². The first-order chi connectivity index (χ1) is 42.8. The van der Waals surface area contributed by atoms with Crippen molar-refractivity contribution in [3.8, 4) is 0 Å². The number of carbonyl (C=O) groups excluding carboxylic acids is 1. The molecule has 0 aromatic heterocycles. The Morgan fingerprint density at radius 3 is 1.10 bits per heavy atom. The van der Waals surface area contributed by atoms with E-state index < -0.39 is 49.5 Å². The number of nitrogens with one attached hydrogen (secondary N) is 1. The van der Waals surface area contributed by atoms with Crippen molar-refractivity contribution in [1.82, 2.24) is 5.32 Å². The molecule has 9 nitrogen and oxygen atoms in total. The van der Waals surface area contributed by atoms with Gasteiger partial charge in [-0.1, -0.05) is 329 Å². The molecule has 87 heavy (non-hydrogen) atoms. The van der Waals surface area contributed by atoms with Gasteiger partial charge in [-0.05, 0) is 96.3 Å². The Kier molecular flexibility index (Phi) is 61.9. The van der Waals surface area contributed by atoms with Crippen molar-refractivity contribution in [2.45, 2.75) is 365 Å². The van der Waals surface area contributed by atoms with Crippen LogP contribution < -0.4 is 5.32 Å². The number of unbranched alkanes of at least 4 members (excludes halogenated alkanes) is 37. The van der Waals surface area contributed by atoms with E-state index in [1.54, 1.807) is 6.08 Å². The number of hydrogen-bond acceptors (Lipinski definition) is 8. The number of ether oxygens (including phenoxy) is 2. The van der Waals surface area contributed by atoms with Crippen LogP contribution in [0.2, 0.25) is 0 Å². The van der Waals surface area contributed by atoms with Crippen LogP contribution in [0.5, 0.6) is 0 Å². The van der Waals surface area contributed by atoms with Crippen LogP contribution in [0.4, 0.5) is 0 Å². The number of rotatable bonds is 63. The normalized spacial score (nSPS) is 18.6. The van der Waals surface area contributed by atoms with E-state index in [2.05, 4.69) is 116 Å². The predicted octanol–water partition coefficient (Wildman–Crippen LogP) is 20.4. The second-order valence-corrected chi connectivity index (χ2v) is 25.0. The number of allylic oxidation sites excluding steroid dienone is 17. The molecule has 0 aromatic rings. The molecular formula is C78H137NO8. The standard InChI is InChI=1S/C78H137NO8/c1-3-5-7-9-11-13-15-17-19-21-23-25-27-29-31-33-35-36-38-39-41-43-45-47-49-51-53-55-57-59-61-63-65-67-72(81)71(70-86-78-77(85)76(84)75(83)73(69-80)87-78)79-74(82)68-66-64-62-60-58-56-54-52-50-48-46-44-42-40-37-34-32-30-28-26-24-22-20-18-16-14-12-10-8-6-4-2/h6,8,12,14,18,20,24,26,30,32,37,40,49,51,57,59,65,67,71-73,75-78,80-81,83-85H,3-5,7,9-11,13,15-17,19,21-23,25,27-29,31,33-36,38-39,41-48,50,52-56,58,60-64,66,68-70H2,1-2H3,(H,79,82)/b8-6-,14-12-,20-18-,26-24-,32-30-,40-37-,51-49+,59-57+,67-65+. The molecule has 1 fully saturated rings. The van der Waals surface area contributed by atoms with E-state index in [0.717, 1.165) is 83.5 Å². The highest BCUT2D eigenvalue weighted by Gasteiger charge is 2.44. The molecule has 1 rings (SSSR count). The second kappa shape index (κ2) is 65.8. The topological polar surface area (TPSA) is 149 Å². The molecule has 502 valence electrons. The molecule has 1 aliphatic rings. The van der Waals surface area contributed by atoms with E-state index in [1.165, 1.54) is 218 Å². The maximum atomic E-state index is 13.1. The lowest BCUT2D eigenvalue weighted by atomic mass is 9.99. The van der Waals surface area contributed by atoms with Crippen molar-refractivity contribution in [3.05, 3.63) is 109 Å². The molecular weight excluding hydrogens is 1080 g/mol. The van der Waals surface area contributed by atoms with Gasteiger partial charge in [0.25, 0.3) is 0 Å². The van der Waals surface area contributed by atoms with Gasteiger partial charge in [-0.2, -0.15) is 0 Å². The minimum atomic E-state index is -1.58. The molecule has 0 radical (unpaired) electrons. The molecule has 1 saturated heterocycles. The van der Waals surface area contributed by atoms with Crippen molar-refractivity contribution in [1.29, 1.82) is 0 Å². The van der Waals surface area contributed by atoms with Gasteiger partial charge in [0.2, 0.25) is 5.91 Å². The lowest BCUT2D eigenvalue weighted by Crippen LogP contribution is -2.60. The zero-order valence-electron chi connectivity index (χ0n) is 56.2. The van der Waals surface area contributed by atoms with Gasteiger partial charge in [-0.15, -0.1) is 0 Å². The summed E-state index contributed by atoms with van der Waals surface area (Å²) in [4.78, 5) is 13.1. The maximum Gasteiger partial charge on any atom is 0.220 e. The Labute approximate surface area is 536 Å². The van der Waals surface area contributed by atoms with Crippen molar-refractivity contribution >= 4 is 5.91 Å². The molecule has 1 aliphatic heterocycles. The second-order valence-electron chi connectivity index (χ2n) is 25.0. The summed E-state index contributed by atoms with van der Waals surface area (Å²) in [5.74, 6) is -0.194. The Balaban J connectivity index is 2.16. The zero-order valence-corrected chi connectivity index (χ0v) is 56.2. The van der Waals surface area contributed by atoms with Crippen LogP contribution in [0.1, 0.15) is 322 Å². The highest BCUT2D eigenvalue weighted by Crippen LogP contribution is 2.23. The molecule has 7 unspecified atom stereocenters. The van der Waals surface area contributed by atoms with Crippen LogP contribution in [-0.2, 0) is 14.3 Å². The first kappa shape index (κ1) is 81.9. The fraction of sp³-hybridized carbons (Fsp3) is 0.756. The average Bonchev–Trinajstić information content (AvgIpc) is 3.47. The molecule has 0 bridgehead atoms. The average molecular weight is 1220 g/mol. The quantitative estimate of drug-likeness (QED) is 0.0261. The summed E-state index contributed by atoms with van der Waals surface area (Å²) in [7, 11) is 0. The van der Waals surface area contributed by atoms with Crippen molar-refractivity contribution in [2.24, 2.45) is 0 Å². The summed E-state index contributed by atoms with van der Waals surface area (Å²) < 4.78 is 11.3. The van der Waals surface area contributed by atoms with E-state index in [9.17, 15) is 30.3 Å². The van der Waals surface area contributed by atoms with Gasteiger partial charge in [0.1, 0.15) is 24.4 Å². The van der Waals surface area contributed by atoms with E-state index in [0.29, 0.717) is 6.42 Å². The molecule has 0 aliphatic carbocycles. The van der Waals surface area contributed by atoms with Gasteiger partial charge in [-0.3, -0.25) is 4.79 Å². The number of hydrogen-bond donors (Lipinski definition) is 6. The summed E-state index contributed by atoms with van der Waals surface area (Å²) in [5.41, 5.74) is 0. The zero-order chi connectivity index (χ0) is 62.8. The molecule has 6 N–H and O–H groups in total. The smallest absolute Gasteiger partial charge is 0.220 e. The Morgan fingerprint density at radius 2 is 0.724 bits per heavy atom. The molecule has 0 spiro atoms. The Bertz CT molecular complexity index is 1750. The van der Waals surface area contributed by atoms with Gasteiger partial charge in [-0.25, -0.2) is 0 Å². The van der Waals surface area contributed by atoms with Gasteiger partial charge < -0.3 is 40.3 Å². The highest BCUT2D eigenvalue weighted by molar-refractivity contribution is 5.76. The Morgan fingerprint density at radius 1 is 0.402 bits per heavy atom. The fourth-order valence-electron chi connectivity index (χ4n) is 11.1. The highest BCUT2D eigenvalue weighted by atomic mass is 16.7. The Hall–Kier alpha value is -3.15. The van der Waals surface area contributed by atoms with Crippen LogP contribution in [0.3, 0.4) is 0 Å². The molecule has 0 aromatic carbocycles. The SMILES string of the molecule is CC/C=C\C/C=C\C/C=C\C/C=C\C/C=C\C/C=C\CCCCCCCCCCCCCCC(=O)NC(COC1OC(CO)C(O)C(O)C1O)C(O)/C=C/CC/C=C/CC/C=C/CCCCCCCCCCCCCCCCCCCCCCCCC. The third-order valence-corrected chi connectivity index (χ3v) is 16.8. The summed E-state index contributed by atoms with van der Waals surface area (Å²) >= 11 is 0. The molecule has 9 heteroatoms. The lowest BCUT2D eigenvalue weighted by molar-refractivity contribution is -0.302. The van der Waals surface area contributed by atoms with Gasteiger partial charge in [0, 0.05) is 6.42 Å². The van der Waals surface area contributed by atoms with E-state index in [1.807, 2.05) is 6.08 Å². The van der Waals surface area contributed by atoms with Gasteiger partial charge in [0.05, 0.1) is 25.4 Å².